The molecule has 0 fully saturated rings. The zero-order valence-corrected chi connectivity index (χ0v) is 11.3. The third-order valence-corrected chi connectivity index (χ3v) is 2.42. The van der Waals surface area contributed by atoms with Gasteiger partial charge in [0.1, 0.15) is 0 Å². The molecule has 10 heteroatoms. The van der Waals surface area contributed by atoms with Crippen LogP contribution in [-0.2, 0) is 10.6 Å². The van der Waals surface area contributed by atoms with Crippen LogP contribution in [0.25, 0.3) is 0 Å². The minimum absolute atomic E-state index is 0.107. The number of alkyl halides is 6. The van der Waals surface area contributed by atoms with E-state index in [-0.39, 0.29) is 6.61 Å². The number of carbonyl (C=O) groups is 1. The minimum atomic E-state index is -5.11. The molecular weight excluding hydrogens is 325 g/mol. The molecule has 0 unspecified atom stereocenters. The molecule has 1 heterocycles. The number of ether oxygens (including phenoxy) is 2. The molecule has 0 atom stereocenters. The van der Waals surface area contributed by atoms with Gasteiger partial charge in [0.15, 0.2) is 0 Å². The zero-order valence-electron chi connectivity index (χ0n) is 10.5. The molecule has 21 heavy (non-hydrogen) atoms. The number of aromatic nitrogens is 1. The summed E-state index contributed by atoms with van der Waals surface area (Å²) < 4.78 is 70.3. The smallest absolute Gasteiger partial charge is 0.462 e. The Bertz CT molecular complexity index is 521. The molecule has 0 N–H and O–H groups in total. The van der Waals surface area contributed by atoms with Crippen molar-refractivity contribution >= 4 is 17.6 Å². The summed E-state index contributed by atoms with van der Waals surface area (Å²) in [5.41, 5.74) is -2.12. The molecule has 0 amide bonds. The third kappa shape index (κ3) is 4.69. The average Bonchev–Trinajstić information content (AvgIpc) is 2.35. The summed E-state index contributed by atoms with van der Waals surface area (Å²) in [4.78, 5) is 14.9. The fourth-order valence-electron chi connectivity index (χ4n) is 1.47. The van der Waals surface area contributed by atoms with Crippen LogP contribution in [0.1, 0.15) is 35.0 Å². The number of carbonyl (C=O) groups excluding carboxylic acids is 1. The number of hydrogen-bond donors (Lipinski definition) is 0. The van der Waals surface area contributed by atoms with E-state index in [4.69, 9.17) is 11.6 Å². The van der Waals surface area contributed by atoms with Gasteiger partial charge < -0.3 is 9.47 Å². The molecule has 0 aliphatic carbocycles. The molecule has 0 spiro atoms. The van der Waals surface area contributed by atoms with Crippen LogP contribution in [0.4, 0.5) is 22.0 Å². The summed E-state index contributed by atoms with van der Waals surface area (Å²) in [6.07, 6.45) is -8.34. The van der Waals surface area contributed by atoms with Gasteiger partial charge in [0.05, 0.1) is 23.7 Å². The molecule has 0 radical (unpaired) electrons. The first-order valence-electron chi connectivity index (χ1n) is 5.50. The zero-order chi connectivity index (χ0) is 16.2. The predicted octanol–water partition coefficient (Wildman–Crippen LogP) is 3.83. The molecule has 0 bridgehead atoms. The lowest BCUT2D eigenvalue weighted by Gasteiger charge is -2.15. The van der Waals surface area contributed by atoms with Crippen molar-refractivity contribution in [1.29, 1.82) is 0 Å². The first-order valence-corrected chi connectivity index (χ1v) is 6.03. The van der Waals surface area contributed by atoms with Crippen molar-refractivity contribution < 1.29 is 36.2 Å². The van der Waals surface area contributed by atoms with Crippen molar-refractivity contribution in [2.45, 2.75) is 25.6 Å². The van der Waals surface area contributed by atoms with Crippen LogP contribution in [0.15, 0.2) is 6.07 Å². The molecule has 0 saturated heterocycles. The van der Waals surface area contributed by atoms with Gasteiger partial charge in [-0.15, -0.1) is 24.8 Å². The monoisotopic (exact) mass is 333 g/mol. The van der Waals surface area contributed by atoms with E-state index in [0.717, 1.165) is 0 Å². The number of esters is 1. The second-order valence-corrected chi connectivity index (χ2v) is 3.84. The van der Waals surface area contributed by atoms with E-state index in [2.05, 4.69) is 14.5 Å². The molecule has 0 aliphatic heterocycles. The number of hydrogen-bond acceptors (Lipinski definition) is 4. The fraction of sp³-hybridized carbons (Fsp3) is 0.455. The summed E-state index contributed by atoms with van der Waals surface area (Å²) in [6, 6.07) is 0.334. The van der Waals surface area contributed by atoms with Crippen LogP contribution in [0, 0.1) is 0 Å². The standard InChI is InChI=1S/C11H9ClF5NO3/c1-2-20-10(19)8-5(9(13)14)3-7(18-6(8)4-12)21-11(15,16)17/h3,9H,2,4H2,1H3. The first kappa shape index (κ1) is 17.4. The van der Waals surface area contributed by atoms with E-state index in [1.165, 1.54) is 6.92 Å². The molecule has 118 valence electrons. The Morgan fingerprint density at radius 1 is 1.43 bits per heavy atom. The van der Waals surface area contributed by atoms with E-state index in [0.29, 0.717) is 6.07 Å². The number of nitrogens with zero attached hydrogens (tertiary/aromatic N) is 1. The van der Waals surface area contributed by atoms with E-state index >= 15 is 0 Å². The topological polar surface area (TPSA) is 48.4 Å². The molecular formula is C11H9ClF5NO3. The largest absolute Gasteiger partial charge is 0.574 e. The molecule has 1 aromatic heterocycles. The van der Waals surface area contributed by atoms with Crippen LogP contribution in [-0.4, -0.2) is 23.9 Å². The third-order valence-electron chi connectivity index (χ3n) is 2.16. The highest BCUT2D eigenvalue weighted by Crippen LogP contribution is 2.31. The van der Waals surface area contributed by atoms with Gasteiger partial charge in [0.2, 0.25) is 5.88 Å². The fourth-order valence-corrected chi connectivity index (χ4v) is 1.66. The molecule has 0 aliphatic rings. The molecule has 0 aromatic carbocycles. The van der Waals surface area contributed by atoms with Crippen LogP contribution >= 0.6 is 11.6 Å². The van der Waals surface area contributed by atoms with Crippen molar-refractivity contribution in [1.82, 2.24) is 4.98 Å². The maximum Gasteiger partial charge on any atom is 0.574 e. The summed E-state index contributed by atoms with van der Waals surface area (Å²) in [7, 11) is 0. The Morgan fingerprint density at radius 2 is 2.05 bits per heavy atom. The summed E-state index contributed by atoms with van der Waals surface area (Å²) in [6.45, 7) is 1.33. The van der Waals surface area contributed by atoms with Gasteiger partial charge in [-0.25, -0.2) is 18.6 Å². The molecule has 4 nitrogen and oxygen atoms in total. The lowest BCUT2D eigenvalue weighted by molar-refractivity contribution is -0.276. The van der Waals surface area contributed by atoms with Crippen LogP contribution in [0.3, 0.4) is 0 Å². The van der Waals surface area contributed by atoms with Crippen molar-refractivity contribution in [3.8, 4) is 5.88 Å². The lowest BCUT2D eigenvalue weighted by Crippen LogP contribution is -2.20. The summed E-state index contributed by atoms with van der Waals surface area (Å²) >= 11 is 5.44. The van der Waals surface area contributed by atoms with Crippen LogP contribution in [0.5, 0.6) is 5.88 Å². The van der Waals surface area contributed by atoms with Crippen molar-refractivity contribution in [2.24, 2.45) is 0 Å². The van der Waals surface area contributed by atoms with Crippen molar-refractivity contribution in [3.05, 3.63) is 22.9 Å². The van der Waals surface area contributed by atoms with Gasteiger partial charge in [-0.1, -0.05) is 0 Å². The Kier molecular flexibility index (Phi) is 5.70. The Labute approximate surface area is 120 Å². The second kappa shape index (κ2) is 6.88. The maximum atomic E-state index is 12.9. The van der Waals surface area contributed by atoms with E-state index in [1.807, 2.05) is 0 Å². The normalized spacial score (nSPS) is 11.6. The molecule has 1 aromatic rings. The van der Waals surface area contributed by atoms with E-state index < -0.39 is 47.3 Å². The van der Waals surface area contributed by atoms with E-state index in [1.54, 1.807) is 0 Å². The lowest BCUT2D eigenvalue weighted by atomic mass is 10.1. The first-order chi connectivity index (χ1) is 9.69. The quantitative estimate of drug-likeness (QED) is 0.467. The van der Waals surface area contributed by atoms with Crippen LogP contribution in [0.2, 0.25) is 0 Å². The van der Waals surface area contributed by atoms with Crippen molar-refractivity contribution in [2.75, 3.05) is 6.61 Å². The molecule has 1 rings (SSSR count). The average molecular weight is 334 g/mol. The second-order valence-electron chi connectivity index (χ2n) is 3.57. The minimum Gasteiger partial charge on any atom is -0.462 e. The van der Waals surface area contributed by atoms with Crippen LogP contribution < -0.4 is 4.74 Å². The summed E-state index contributed by atoms with van der Waals surface area (Å²) in [5, 5.41) is 0. The van der Waals surface area contributed by atoms with Gasteiger partial charge in [0.25, 0.3) is 6.43 Å². The van der Waals surface area contributed by atoms with Gasteiger partial charge in [-0.3, -0.25) is 0 Å². The van der Waals surface area contributed by atoms with Gasteiger partial charge in [0, 0.05) is 11.6 Å². The highest BCUT2D eigenvalue weighted by atomic mass is 35.5. The van der Waals surface area contributed by atoms with E-state index in [9.17, 15) is 26.7 Å². The highest BCUT2D eigenvalue weighted by molar-refractivity contribution is 6.17. The van der Waals surface area contributed by atoms with Gasteiger partial charge >= 0.3 is 12.3 Å². The number of pyridine rings is 1. The Morgan fingerprint density at radius 3 is 2.48 bits per heavy atom. The van der Waals surface area contributed by atoms with Gasteiger partial charge in [-0.2, -0.15) is 0 Å². The number of halogens is 6. The number of rotatable bonds is 5. The highest BCUT2D eigenvalue weighted by Gasteiger charge is 2.34. The predicted molar refractivity (Wildman–Crippen MR) is 61.4 cm³/mol. The summed E-state index contributed by atoms with van der Waals surface area (Å²) in [5.74, 6) is -2.83. The maximum absolute atomic E-state index is 12.9. The SMILES string of the molecule is CCOC(=O)c1c(C(F)F)cc(OC(F)(F)F)nc1CCl. The van der Waals surface area contributed by atoms with Crippen molar-refractivity contribution in [3.63, 3.8) is 0 Å². The molecule has 0 saturated carbocycles. The Balaban J connectivity index is 3.39. The van der Waals surface area contributed by atoms with Gasteiger partial charge in [-0.05, 0) is 6.92 Å². The Hall–Kier alpha value is -1.64.